The molecule has 0 atom stereocenters. The molecule has 0 bridgehead atoms. The molecule has 0 radical (unpaired) electrons. The van der Waals surface area contributed by atoms with Gasteiger partial charge in [-0.2, -0.15) is 4.31 Å². The number of Topliss-reactive ketones (excluding diaryl/α,β-unsaturated/α-hetero) is 1. The summed E-state index contributed by atoms with van der Waals surface area (Å²) in [6.45, 7) is 2.39. The fraction of sp³-hybridized carbons (Fsp3) is 0.241. The van der Waals surface area contributed by atoms with E-state index in [9.17, 15) is 18.0 Å². The van der Waals surface area contributed by atoms with Crippen LogP contribution in [0.4, 0.5) is 0 Å². The van der Waals surface area contributed by atoms with Crippen molar-refractivity contribution in [2.45, 2.75) is 31.1 Å². The van der Waals surface area contributed by atoms with Gasteiger partial charge in [0.05, 0.1) is 17.9 Å². The number of carbonyl (C=O) groups is 2. The minimum absolute atomic E-state index is 0.0372. The van der Waals surface area contributed by atoms with E-state index in [4.69, 9.17) is 27.9 Å². The van der Waals surface area contributed by atoms with Crippen molar-refractivity contribution in [2.24, 2.45) is 0 Å². The van der Waals surface area contributed by atoms with E-state index >= 15 is 0 Å². The lowest BCUT2D eigenvalue weighted by Crippen LogP contribution is -2.33. The molecule has 0 aliphatic carbocycles. The first-order valence-corrected chi connectivity index (χ1v) is 14.3. The predicted octanol–water partition coefficient (Wildman–Crippen LogP) is 6.47. The average molecular weight is 575 g/mol. The van der Waals surface area contributed by atoms with E-state index in [0.29, 0.717) is 22.0 Å². The molecule has 3 rings (SSSR count). The molecule has 3 aromatic rings. The summed E-state index contributed by atoms with van der Waals surface area (Å²) >= 11 is 11.9. The van der Waals surface area contributed by atoms with Gasteiger partial charge < -0.3 is 4.74 Å². The van der Waals surface area contributed by atoms with Gasteiger partial charge in [-0.25, -0.2) is 8.42 Å². The Bertz CT molecular complexity index is 1350. The summed E-state index contributed by atoms with van der Waals surface area (Å²) in [5, 5.41) is 1.08. The molecular weight excluding hydrogens is 545 g/mol. The van der Waals surface area contributed by atoms with Gasteiger partial charge in [-0.15, -0.1) is 0 Å². The van der Waals surface area contributed by atoms with Crippen LogP contribution < -0.4 is 0 Å². The van der Waals surface area contributed by atoms with Crippen LogP contribution in [0.5, 0.6) is 0 Å². The maximum absolute atomic E-state index is 13.4. The van der Waals surface area contributed by atoms with Gasteiger partial charge in [0.25, 0.3) is 0 Å². The standard InChI is InChI=1S/C29H29Cl2NO5S/c1-2-37-29(34)18-17-28(33)24-9-5-23(6-10-24)19-21-32(20-3-4-22-7-11-25(30)12-8-22)38(35,36)27-15-13-26(31)14-16-27/h3-16H,2,17-21H2,1H3/b4-3+. The quantitative estimate of drug-likeness (QED) is 0.173. The van der Waals surface area contributed by atoms with E-state index in [-0.39, 0.29) is 43.2 Å². The summed E-state index contributed by atoms with van der Waals surface area (Å²) in [4.78, 5) is 24.0. The first-order valence-electron chi connectivity index (χ1n) is 12.1. The van der Waals surface area contributed by atoms with Gasteiger partial charge in [0.2, 0.25) is 10.0 Å². The van der Waals surface area contributed by atoms with E-state index < -0.39 is 16.0 Å². The number of halogens is 2. The zero-order valence-electron chi connectivity index (χ0n) is 21.0. The second-order valence-electron chi connectivity index (χ2n) is 8.45. The van der Waals surface area contributed by atoms with Crippen LogP contribution in [-0.2, 0) is 26.0 Å². The lowest BCUT2D eigenvalue weighted by atomic mass is 10.0. The van der Waals surface area contributed by atoms with Crippen molar-refractivity contribution in [1.29, 1.82) is 0 Å². The molecule has 0 aliphatic rings. The van der Waals surface area contributed by atoms with Crippen molar-refractivity contribution < 1.29 is 22.7 Å². The number of nitrogens with zero attached hydrogens (tertiary/aromatic N) is 1. The highest BCUT2D eigenvalue weighted by Gasteiger charge is 2.23. The van der Waals surface area contributed by atoms with Gasteiger partial charge in [0.1, 0.15) is 0 Å². The normalized spacial score (nSPS) is 11.7. The molecule has 0 fully saturated rings. The molecular formula is C29H29Cl2NO5S. The fourth-order valence-electron chi connectivity index (χ4n) is 3.65. The van der Waals surface area contributed by atoms with Crippen molar-refractivity contribution in [3.05, 3.63) is 106 Å². The van der Waals surface area contributed by atoms with Gasteiger partial charge >= 0.3 is 5.97 Å². The summed E-state index contributed by atoms with van der Waals surface area (Å²) in [6, 6.07) is 20.3. The molecule has 38 heavy (non-hydrogen) atoms. The molecule has 0 unspecified atom stereocenters. The molecule has 6 nitrogen and oxygen atoms in total. The number of benzene rings is 3. The maximum atomic E-state index is 13.4. The van der Waals surface area contributed by atoms with Crippen LogP contribution >= 0.6 is 23.2 Å². The Kier molecular flexibility index (Phi) is 11.1. The number of ketones is 1. The fourth-order valence-corrected chi connectivity index (χ4v) is 5.29. The lowest BCUT2D eigenvalue weighted by molar-refractivity contribution is -0.143. The number of rotatable bonds is 13. The Morgan fingerprint density at radius 2 is 1.47 bits per heavy atom. The maximum Gasteiger partial charge on any atom is 0.306 e. The Balaban J connectivity index is 1.70. The second kappa shape index (κ2) is 14.3. The van der Waals surface area contributed by atoms with E-state index in [1.54, 1.807) is 61.5 Å². The van der Waals surface area contributed by atoms with E-state index in [0.717, 1.165) is 11.1 Å². The lowest BCUT2D eigenvalue weighted by Gasteiger charge is -2.21. The Hall–Kier alpha value is -2.97. The largest absolute Gasteiger partial charge is 0.466 e. The third kappa shape index (κ3) is 8.81. The van der Waals surface area contributed by atoms with Crippen LogP contribution in [0, 0.1) is 0 Å². The molecule has 0 saturated carbocycles. The van der Waals surface area contributed by atoms with Crippen molar-refractivity contribution in [1.82, 2.24) is 4.31 Å². The summed E-state index contributed by atoms with van der Waals surface area (Å²) in [5.74, 6) is -0.548. The molecule has 0 spiro atoms. The van der Waals surface area contributed by atoms with Gasteiger partial charge in [-0.05, 0) is 60.9 Å². The van der Waals surface area contributed by atoms with Gasteiger partial charge in [-0.1, -0.05) is 71.8 Å². The van der Waals surface area contributed by atoms with E-state index in [1.165, 1.54) is 16.4 Å². The Morgan fingerprint density at radius 3 is 2.08 bits per heavy atom. The molecule has 0 amide bonds. The van der Waals surface area contributed by atoms with Crippen molar-refractivity contribution in [3.8, 4) is 0 Å². The van der Waals surface area contributed by atoms with Crippen LogP contribution in [0.2, 0.25) is 10.0 Å². The summed E-state index contributed by atoms with van der Waals surface area (Å²) in [5.41, 5.74) is 2.28. The van der Waals surface area contributed by atoms with Gasteiger partial charge in [-0.3, -0.25) is 9.59 Å². The number of hydrogen-bond donors (Lipinski definition) is 0. The summed E-state index contributed by atoms with van der Waals surface area (Å²) < 4.78 is 33.1. The smallest absolute Gasteiger partial charge is 0.306 e. The Morgan fingerprint density at radius 1 is 0.868 bits per heavy atom. The molecule has 200 valence electrons. The van der Waals surface area contributed by atoms with Crippen LogP contribution in [0.1, 0.15) is 41.3 Å². The third-order valence-corrected chi connectivity index (χ3v) is 8.11. The highest BCUT2D eigenvalue weighted by Crippen LogP contribution is 2.20. The van der Waals surface area contributed by atoms with E-state index in [2.05, 4.69) is 0 Å². The first kappa shape index (κ1) is 29.6. The van der Waals surface area contributed by atoms with Gasteiger partial charge in [0, 0.05) is 35.1 Å². The molecule has 0 heterocycles. The molecule has 9 heteroatoms. The minimum atomic E-state index is -3.79. The van der Waals surface area contributed by atoms with E-state index in [1.807, 2.05) is 18.2 Å². The topological polar surface area (TPSA) is 80.8 Å². The molecule has 0 aliphatic heterocycles. The summed E-state index contributed by atoms with van der Waals surface area (Å²) in [6.07, 6.45) is 4.19. The number of hydrogen-bond acceptors (Lipinski definition) is 5. The van der Waals surface area contributed by atoms with Crippen LogP contribution in [0.25, 0.3) is 6.08 Å². The predicted molar refractivity (Wildman–Crippen MR) is 151 cm³/mol. The average Bonchev–Trinajstić information content (AvgIpc) is 2.91. The number of sulfonamides is 1. The zero-order valence-corrected chi connectivity index (χ0v) is 23.3. The summed E-state index contributed by atoms with van der Waals surface area (Å²) in [7, 11) is -3.79. The van der Waals surface area contributed by atoms with Crippen LogP contribution in [0.15, 0.2) is 83.8 Å². The van der Waals surface area contributed by atoms with Crippen molar-refractivity contribution >= 4 is 51.1 Å². The minimum Gasteiger partial charge on any atom is -0.466 e. The molecule has 0 N–H and O–H groups in total. The first-order chi connectivity index (χ1) is 18.2. The zero-order chi connectivity index (χ0) is 27.5. The molecule has 0 saturated heterocycles. The molecule has 0 aromatic heterocycles. The number of ether oxygens (including phenoxy) is 1. The number of esters is 1. The third-order valence-electron chi connectivity index (χ3n) is 5.73. The monoisotopic (exact) mass is 573 g/mol. The highest BCUT2D eigenvalue weighted by molar-refractivity contribution is 7.89. The van der Waals surface area contributed by atoms with Crippen LogP contribution in [-0.4, -0.2) is 44.2 Å². The van der Waals surface area contributed by atoms with Crippen molar-refractivity contribution in [2.75, 3.05) is 19.7 Å². The van der Waals surface area contributed by atoms with Crippen LogP contribution in [0.3, 0.4) is 0 Å². The highest BCUT2D eigenvalue weighted by atomic mass is 35.5. The SMILES string of the molecule is CCOC(=O)CCC(=O)c1ccc(CCN(C/C=C/c2ccc(Cl)cc2)S(=O)(=O)c2ccc(Cl)cc2)cc1. The van der Waals surface area contributed by atoms with Crippen molar-refractivity contribution in [3.63, 3.8) is 0 Å². The van der Waals surface area contributed by atoms with Gasteiger partial charge in [0.15, 0.2) is 5.78 Å². The molecule has 3 aromatic carbocycles. The second-order valence-corrected chi connectivity index (χ2v) is 11.3. The number of carbonyl (C=O) groups excluding carboxylic acids is 2. The Labute approximate surface area is 233 Å².